The fraction of sp³-hybridized carbons (Fsp3) is 0.625. The van der Waals surface area contributed by atoms with E-state index in [9.17, 15) is 4.39 Å². The van der Waals surface area contributed by atoms with Crippen LogP contribution >= 0.6 is 0 Å². The van der Waals surface area contributed by atoms with Gasteiger partial charge in [0.15, 0.2) is 11.6 Å². The first kappa shape index (κ1) is 9.03. The summed E-state index contributed by atoms with van der Waals surface area (Å²) in [7, 11) is 0. The van der Waals surface area contributed by atoms with Gasteiger partial charge in [-0.15, -0.1) is 0 Å². The van der Waals surface area contributed by atoms with Crippen LogP contribution in [0.2, 0.25) is 0 Å². The molecule has 0 amide bonds. The minimum absolute atomic E-state index is 0.0495. The van der Waals surface area contributed by atoms with E-state index in [2.05, 4.69) is 10.2 Å². The van der Waals surface area contributed by atoms with E-state index in [1.165, 1.54) is 0 Å². The summed E-state index contributed by atoms with van der Waals surface area (Å²) < 4.78 is 13.2. The molecule has 1 rings (SSSR count). The molecule has 0 radical (unpaired) electrons. The molecule has 0 spiro atoms. The van der Waals surface area contributed by atoms with Crippen LogP contribution in [0, 0.1) is 5.82 Å². The third-order valence-electron chi connectivity index (χ3n) is 2.29. The zero-order chi connectivity index (χ0) is 9.35. The summed E-state index contributed by atoms with van der Waals surface area (Å²) in [5.74, 6) is -0.464. The second kappa shape index (κ2) is 2.77. The first-order valence-corrected chi connectivity index (χ1v) is 3.99. The lowest BCUT2D eigenvalue weighted by Gasteiger charge is -2.20. The van der Waals surface area contributed by atoms with E-state index >= 15 is 0 Å². The van der Waals surface area contributed by atoms with Crippen LogP contribution in [0.15, 0.2) is 0 Å². The fourth-order valence-corrected chi connectivity index (χ4v) is 0.968. The Morgan fingerprint density at radius 3 is 2.50 bits per heavy atom. The molecule has 0 aromatic carbocycles. The molecule has 3 nitrogen and oxygen atoms in total. The lowest BCUT2D eigenvalue weighted by molar-refractivity contribution is 0.458. The van der Waals surface area contributed by atoms with Crippen LogP contribution in [-0.2, 0) is 5.41 Å². The van der Waals surface area contributed by atoms with Gasteiger partial charge in [0, 0.05) is 5.41 Å². The van der Waals surface area contributed by atoms with Crippen molar-refractivity contribution in [3.05, 3.63) is 11.5 Å². The molecule has 0 fully saturated rings. The SMILES string of the molecule is CCC(C)(C)c1[nH]nc(N)c1F. The Morgan fingerprint density at radius 1 is 1.58 bits per heavy atom. The summed E-state index contributed by atoms with van der Waals surface area (Å²) in [6.45, 7) is 5.89. The second-order valence-corrected chi connectivity index (χ2v) is 3.54. The van der Waals surface area contributed by atoms with Crippen molar-refractivity contribution in [3.63, 3.8) is 0 Å². The predicted octanol–water partition coefficient (Wildman–Crippen LogP) is 1.82. The van der Waals surface area contributed by atoms with Crippen molar-refractivity contribution in [2.75, 3.05) is 5.73 Å². The zero-order valence-corrected chi connectivity index (χ0v) is 7.61. The number of hydrogen-bond acceptors (Lipinski definition) is 2. The van der Waals surface area contributed by atoms with Crippen LogP contribution in [0.25, 0.3) is 0 Å². The number of aromatic amines is 1. The number of nitrogens with two attached hydrogens (primary N) is 1. The molecule has 0 saturated heterocycles. The second-order valence-electron chi connectivity index (χ2n) is 3.54. The number of nitrogen functional groups attached to an aromatic ring is 1. The number of rotatable bonds is 2. The molecular formula is C8H14FN3. The van der Waals surface area contributed by atoms with Gasteiger partial charge in [0.2, 0.25) is 0 Å². The van der Waals surface area contributed by atoms with Gasteiger partial charge in [0.1, 0.15) is 0 Å². The minimum atomic E-state index is -0.415. The Labute approximate surface area is 71.2 Å². The molecular weight excluding hydrogens is 157 g/mol. The largest absolute Gasteiger partial charge is 0.380 e. The van der Waals surface area contributed by atoms with Gasteiger partial charge < -0.3 is 5.73 Å². The Hall–Kier alpha value is -1.06. The summed E-state index contributed by atoms with van der Waals surface area (Å²) in [5, 5.41) is 6.22. The summed E-state index contributed by atoms with van der Waals surface area (Å²) in [6.07, 6.45) is 0.839. The molecule has 1 heterocycles. The van der Waals surface area contributed by atoms with Crippen LogP contribution in [0.1, 0.15) is 32.9 Å². The average molecular weight is 171 g/mol. The lowest BCUT2D eigenvalue weighted by Crippen LogP contribution is -2.17. The first-order valence-electron chi connectivity index (χ1n) is 3.99. The molecule has 0 unspecified atom stereocenters. The van der Waals surface area contributed by atoms with E-state index in [0.717, 1.165) is 6.42 Å². The topological polar surface area (TPSA) is 54.7 Å². The highest BCUT2D eigenvalue weighted by Gasteiger charge is 2.25. The van der Waals surface area contributed by atoms with Crippen LogP contribution in [0.3, 0.4) is 0 Å². The molecule has 0 bridgehead atoms. The molecule has 1 aromatic heterocycles. The third-order valence-corrected chi connectivity index (χ3v) is 2.29. The number of hydrogen-bond donors (Lipinski definition) is 2. The third kappa shape index (κ3) is 1.29. The van der Waals surface area contributed by atoms with Gasteiger partial charge in [-0.1, -0.05) is 20.8 Å². The van der Waals surface area contributed by atoms with Gasteiger partial charge in [0.05, 0.1) is 5.69 Å². The average Bonchev–Trinajstić information content (AvgIpc) is 2.33. The maximum atomic E-state index is 13.2. The lowest BCUT2D eigenvalue weighted by atomic mass is 9.86. The summed E-state index contributed by atoms with van der Waals surface area (Å²) in [4.78, 5) is 0. The Balaban J connectivity index is 3.11. The zero-order valence-electron chi connectivity index (χ0n) is 7.61. The molecule has 1 aromatic rings. The van der Waals surface area contributed by atoms with Crippen molar-refractivity contribution < 1.29 is 4.39 Å². The van der Waals surface area contributed by atoms with E-state index < -0.39 is 5.82 Å². The molecule has 0 atom stereocenters. The van der Waals surface area contributed by atoms with E-state index in [1.54, 1.807) is 0 Å². The van der Waals surface area contributed by atoms with Crippen molar-refractivity contribution in [1.29, 1.82) is 0 Å². The van der Waals surface area contributed by atoms with Gasteiger partial charge >= 0.3 is 0 Å². The van der Waals surface area contributed by atoms with Gasteiger partial charge in [-0.05, 0) is 6.42 Å². The highest BCUT2D eigenvalue weighted by molar-refractivity contribution is 5.34. The molecule has 12 heavy (non-hydrogen) atoms. The maximum absolute atomic E-state index is 13.2. The molecule has 0 aliphatic heterocycles. The van der Waals surface area contributed by atoms with Crippen LogP contribution in [-0.4, -0.2) is 10.2 Å². The highest BCUT2D eigenvalue weighted by atomic mass is 19.1. The number of nitrogens with zero attached hydrogens (tertiary/aromatic N) is 1. The van der Waals surface area contributed by atoms with E-state index in [4.69, 9.17) is 5.73 Å². The molecule has 68 valence electrons. The molecule has 0 saturated carbocycles. The van der Waals surface area contributed by atoms with E-state index in [-0.39, 0.29) is 11.2 Å². The number of anilines is 1. The Morgan fingerprint density at radius 2 is 2.17 bits per heavy atom. The number of nitrogens with one attached hydrogen (secondary N) is 1. The molecule has 0 aliphatic carbocycles. The normalized spacial score (nSPS) is 12.0. The van der Waals surface area contributed by atoms with Gasteiger partial charge in [-0.2, -0.15) is 5.10 Å². The van der Waals surface area contributed by atoms with E-state index in [1.807, 2.05) is 20.8 Å². The summed E-state index contributed by atoms with van der Waals surface area (Å²) >= 11 is 0. The van der Waals surface area contributed by atoms with Gasteiger partial charge in [-0.25, -0.2) is 4.39 Å². The molecule has 4 heteroatoms. The monoisotopic (exact) mass is 171 g/mol. The van der Waals surface area contributed by atoms with Crippen LogP contribution < -0.4 is 5.73 Å². The van der Waals surface area contributed by atoms with Gasteiger partial charge in [0.25, 0.3) is 0 Å². The number of H-pyrrole nitrogens is 1. The number of aromatic nitrogens is 2. The van der Waals surface area contributed by atoms with E-state index in [0.29, 0.717) is 5.69 Å². The number of halogens is 1. The Bertz CT molecular complexity index is 278. The predicted molar refractivity (Wildman–Crippen MR) is 46.3 cm³/mol. The first-order chi connectivity index (χ1) is 5.49. The quantitative estimate of drug-likeness (QED) is 0.713. The summed E-state index contributed by atoms with van der Waals surface area (Å²) in [6, 6.07) is 0. The van der Waals surface area contributed by atoms with Gasteiger partial charge in [-0.3, -0.25) is 5.10 Å². The van der Waals surface area contributed by atoms with Crippen molar-refractivity contribution >= 4 is 5.82 Å². The van der Waals surface area contributed by atoms with Crippen molar-refractivity contribution in [3.8, 4) is 0 Å². The maximum Gasteiger partial charge on any atom is 0.188 e. The summed E-state index contributed by atoms with van der Waals surface area (Å²) in [5.41, 5.74) is 5.54. The van der Waals surface area contributed by atoms with Crippen molar-refractivity contribution in [2.45, 2.75) is 32.6 Å². The van der Waals surface area contributed by atoms with Crippen molar-refractivity contribution in [2.24, 2.45) is 0 Å². The minimum Gasteiger partial charge on any atom is -0.380 e. The smallest absolute Gasteiger partial charge is 0.188 e. The molecule has 3 N–H and O–H groups in total. The standard InChI is InChI=1S/C8H14FN3/c1-4-8(2,3)6-5(9)7(10)12-11-6/h4H2,1-3H3,(H3,10,11,12). The highest BCUT2D eigenvalue weighted by Crippen LogP contribution is 2.28. The fourth-order valence-electron chi connectivity index (χ4n) is 0.968. The van der Waals surface area contributed by atoms with Crippen molar-refractivity contribution in [1.82, 2.24) is 10.2 Å². The van der Waals surface area contributed by atoms with Crippen LogP contribution in [0.5, 0.6) is 0 Å². The molecule has 0 aliphatic rings. The Kier molecular flexibility index (Phi) is 2.08. The van der Waals surface area contributed by atoms with Crippen LogP contribution in [0.4, 0.5) is 10.2 Å².